The Bertz CT molecular complexity index is 1170. The number of ether oxygens (including phenoxy) is 1. The van der Waals surface area contributed by atoms with Gasteiger partial charge in [0.2, 0.25) is 5.43 Å². The number of anilines is 1. The Balaban J connectivity index is 2.00. The molecule has 0 atom stereocenters. The van der Waals surface area contributed by atoms with Gasteiger partial charge in [0.25, 0.3) is 5.91 Å². The van der Waals surface area contributed by atoms with E-state index >= 15 is 0 Å². The number of thiophene rings is 1. The second-order valence-electron chi connectivity index (χ2n) is 6.35. The van der Waals surface area contributed by atoms with Crippen molar-refractivity contribution in [2.45, 2.75) is 27.2 Å². The number of aromatic nitrogens is 2. The minimum Gasteiger partial charge on any atom is -0.462 e. The molecule has 1 amide bonds. The second-order valence-corrected chi connectivity index (χ2v) is 7.48. The highest BCUT2D eigenvalue weighted by atomic mass is 32.1. The van der Waals surface area contributed by atoms with Crippen LogP contribution in [0.15, 0.2) is 41.2 Å². The highest BCUT2D eigenvalue weighted by molar-refractivity contribution is 7.16. The van der Waals surface area contributed by atoms with Crippen LogP contribution in [0.2, 0.25) is 0 Å². The average Bonchev–Trinajstić information content (AvgIpc) is 3.12. The predicted molar refractivity (Wildman–Crippen MR) is 112 cm³/mol. The lowest BCUT2D eigenvalue weighted by atomic mass is 10.2. The lowest BCUT2D eigenvalue weighted by Crippen LogP contribution is -2.27. The Morgan fingerprint density at radius 3 is 2.63 bits per heavy atom. The molecule has 0 spiro atoms. The summed E-state index contributed by atoms with van der Waals surface area (Å²) in [7, 11) is 0. The molecule has 0 aliphatic rings. The van der Waals surface area contributed by atoms with Crippen molar-refractivity contribution >= 4 is 28.2 Å². The van der Waals surface area contributed by atoms with Gasteiger partial charge < -0.3 is 10.1 Å². The Morgan fingerprint density at radius 2 is 1.97 bits per heavy atom. The van der Waals surface area contributed by atoms with Crippen molar-refractivity contribution in [3.63, 3.8) is 0 Å². The van der Waals surface area contributed by atoms with E-state index in [1.165, 1.54) is 40.3 Å². The fraction of sp³-hybridized carbons (Fsp3) is 0.238. The number of amides is 1. The molecule has 2 aromatic heterocycles. The van der Waals surface area contributed by atoms with Crippen molar-refractivity contribution in [1.29, 1.82) is 0 Å². The molecule has 7 nitrogen and oxygen atoms in total. The van der Waals surface area contributed by atoms with Gasteiger partial charge in [-0.2, -0.15) is 5.10 Å². The first-order valence-electron chi connectivity index (χ1n) is 9.32. The van der Waals surface area contributed by atoms with Gasteiger partial charge in [0.15, 0.2) is 5.69 Å². The van der Waals surface area contributed by atoms with Crippen LogP contribution < -0.4 is 10.7 Å². The number of para-hydroxylation sites is 1. The summed E-state index contributed by atoms with van der Waals surface area (Å²) < 4.78 is 20.4. The van der Waals surface area contributed by atoms with Gasteiger partial charge in [0.1, 0.15) is 16.5 Å². The molecule has 0 unspecified atom stereocenters. The number of esters is 1. The molecule has 0 radical (unpaired) electrons. The maximum absolute atomic E-state index is 14.2. The summed E-state index contributed by atoms with van der Waals surface area (Å²) in [6.07, 6.45) is 0.663. The maximum Gasteiger partial charge on any atom is 0.341 e. The molecule has 30 heavy (non-hydrogen) atoms. The van der Waals surface area contributed by atoms with Crippen LogP contribution in [0.4, 0.5) is 9.39 Å². The number of nitrogens with one attached hydrogen (secondary N) is 1. The molecular formula is C21H20FN3O4S. The highest BCUT2D eigenvalue weighted by Gasteiger charge is 2.22. The first kappa shape index (κ1) is 21.4. The quantitative estimate of drug-likeness (QED) is 0.603. The van der Waals surface area contributed by atoms with Gasteiger partial charge in [-0.3, -0.25) is 9.59 Å². The summed E-state index contributed by atoms with van der Waals surface area (Å²) in [5.41, 5.74) is -0.319. The molecule has 0 aliphatic carbocycles. The first-order valence-corrected chi connectivity index (χ1v) is 10.1. The third-order valence-corrected chi connectivity index (χ3v) is 5.45. The van der Waals surface area contributed by atoms with E-state index in [1.807, 2.05) is 6.92 Å². The molecule has 0 saturated carbocycles. The zero-order valence-corrected chi connectivity index (χ0v) is 17.5. The normalized spacial score (nSPS) is 10.7. The fourth-order valence-electron chi connectivity index (χ4n) is 2.80. The third-order valence-electron chi connectivity index (χ3n) is 4.26. The van der Waals surface area contributed by atoms with Crippen LogP contribution in [0.1, 0.15) is 45.3 Å². The fourth-order valence-corrected chi connectivity index (χ4v) is 3.78. The Kier molecular flexibility index (Phi) is 6.41. The van der Waals surface area contributed by atoms with Crippen molar-refractivity contribution in [2.24, 2.45) is 0 Å². The zero-order valence-electron chi connectivity index (χ0n) is 16.7. The number of nitrogens with zero attached hydrogens (tertiary/aromatic N) is 2. The molecule has 9 heteroatoms. The number of benzene rings is 1. The van der Waals surface area contributed by atoms with E-state index in [9.17, 15) is 18.8 Å². The molecule has 156 valence electrons. The number of hydrogen-bond acceptors (Lipinski definition) is 6. The van der Waals surface area contributed by atoms with Crippen LogP contribution >= 0.6 is 11.3 Å². The van der Waals surface area contributed by atoms with E-state index in [4.69, 9.17) is 4.74 Å². The highest BCUT2D eigenvalue weighted by Crippen LogP contribution is 2.29. The van der Waals surface area contributed by atoms with Gasteiger partial charge in [0, 0.05) is 16.6 Å². The van der Waals surface area contributed by atoms with Crippen molar-refractivity contribution in [1.82, 2.24) is 9.78 Å². The van der Waals surface area contributed by atoms with E-state index in [1.54, 1.807) is 26.0 Å². The smallest absolute Gasteiger partial charge is 0.341 e. The number of halogens is 1. The largest absolute Gasteiger partial charge is 0.462 e. The van der Waals surface area contributed by atoms with Gasteiger partial charge in [-0.15, -0.1) is 11.3 Å². The SMILES string of the molecule is CCOC(=O)c1cc(CC)sc1NC(=O)c1nn(-c2ccccc2F)c(C)cc1=O. The standard InChI is InChI=1S/C21H20FN3O4S/c1-4-13-11-14(21(28)29-5-2)20(30-13)23-19(27)18-17(26)10-12(3)25(24-18)16-9-7-6-8-15(16)22/h6-11H,4-5H2,1-3H3,(H,23,27). The minimum atomic E-state index is -0.792. The molecule has 1 N–H and O–H groups in total. The van der Waals surface area contributed by atoms with Crippen LogP contribution in [-0.2, 0) is 11.2 Å². The summed E-state index contributed by atoms with van der Waals surface area (Å²) in [6.45, 7) is 5.39. The summed E-state index contributed by atoms with van der Waals surface area (Å²) in [5, 5.41) is 6.93. The predicted octanol–water partition coefficient (Wildman–Crippen LogP) is 3.73. The summed E-state index contributed by atoms with van der Waals surface area (Å²) in [4.78, 5) is 38.3. The van der Waals surface area contributed by atoms with E-state index in [-0.39, 0.29) is 22.9 Å². The monoisotopic (exact) mass is 429 g/mol. The molecule has 3 rings (SSSR count). The van der Waals surface area contributed by atoms with Crippen LogP contribution in [0.3, 0.4) is 0 Å². The van der Waals surface area contributed by atoms with Crippen LogP contribution in [0, 0.1) is 12.7 Å². The lowest BCUT2D eigenvalue weighted by Gasteiger charge is -2.12. The zero-order chi connectivity index (χ0) is 21.8. The van der Waals surface area contributed by atoms with Crippen molar-refractivity contribution in [2.75, 3.05) is 11.9 Å². The van der Waals surface area contributed by atoms with Crippen molar-refractivity contribution in [3.05, 3.63) is 74.3 Å². The molecule has 3 aromatic rings. The number of hydrogen-bond donors (Lipinski definition) is 1. The molecular weight excluding hydrogens is 409 g/mol. The van der Waals surface area contributed by atoms with Gasteiger partial charge in [-0.25, -0.2) is 13.9 Å². The van der Waals surface area contributed by atoms with Crippen molar-refractivity contribution in [3.8, 4) is 5.69 Å². The third kappa shape index (κ3) is 4.30. The lowest BCUT2D eigenvalue weighted by molar-refractivity contribution is 0.0528. The second kappa shape index (κ2) is 9.00. The average molecular weight is 429 g/mol. The molecule has 0 saturated heterocycles. The summed E-state index contributed by atoms with van der Waals surface area (Å²) >= 11 is 1.22. The van der Waals surface area contributed by atoms with Crippen LogP contribution in [0.25, 0.3) is 5.69 Å². The molecule has 0 fully saturated rings. The van der Waals surface area contributed by atoms with Crippen LogP contribution in [0.5, 0.6) is 0 Å². The van der Waals surface area contributed by atoms with Crippen LogP contribution in [-0.4, -0.2) is 28.3 Å². The molecule has 0 bridgehead atoms. The Morgan fingerprint density at radius 1 is 1.23 bits per heavy atom. The van der Waals surface area contributed by atoms with E-state index in [0.717, 1.165) is 4.88 Å². The van der Waals surface area contributed by atoms with E-state index in [0.29, 0.717) is 12.1 Å². The molecule has 1 aromatic carbocycles. The Hall–Kier alpha value is -3.33. The molecule has 2 heterocycles. The Labute approximate surface area is 176 Å². The topological polar surface area (TPSA) is 90.3 Å². The van der Waals surface area contributed by atoms with Crippen molar-refractivity contribution < 1.29 is 18.7 Å². The van der Waals surface area contributed by atoms with Gasteiger partial charge in [-0.1, -0.05) is 19.1 Å². The minimum absolute atomic E-state index is 0.112. The number of aryl methyl sites for hydroxylation is 2. The number of carbonyl (C=O) groups excluding carboxylic acids is 2. The maximum atomic E-state index is 14.2. The summed E-state index contributed by atoms with van der Waals surface area (Å²) in [5.74, 6) is -1.90. The molecule has 0 aliphatic heterocycles. The van der Waals surface area contributed by atoms with E-state index in [2.05, 4.69) is 10.4 Å². The van der Waals surface area contributed by atoms with Gasteiger partial charge in [-0.05, 0) is 38.5 Å². The summed E-state index contributed by atoms with van der Waals surface area (Å²) in [6, 6.07) is 8.78. The van der Waals surface area contributed by atoms with E-state index < -0.39 is 28.8 Å². The number of carbonyl (C=O) groups is 2. The number of rotatable bonds is 6. The van der Waals surface area contributed by atoms with Gasteiger partial charge in [0.05, 0.1) is 12.2 Å². The first-order chi connectivity index (χ1) is 14.3. The van der Waals surface area contributed by atoms with Gasteiger partial charge >= 0.3 is 5.97 Å².